The van der Waals surface area contributed by atoms with Gasteiger partial charge in [-0.3, -0.25) is 9.67 Å². The highest BCUT2D eigenvalue weighted by atomic mass is 32.1. The molecule has 16 heavy (non-hydrogen) atoms. The highest BCUT2D eigenvalue weighted by Crippen LogP contribution is 2.28. The molecule has 1 N–H and O–H groups in total. The molecule has 0 bridgehead atoms. The summed E-state index contributed by atoms with van der Waals surface area (Å²) >= 11 is 6.84. The summed E-state index contributed by atoms with van der Waals surface area (Å²) in [6.07, 6.45) is 1.87. The Kier molecular flexibility index (Phi) is 3.20. The summed E-state index contributed by atoms with van der Waals surface area (Å²) in [6, 6.07) is 0. The molecule has 2 aromatic heterocycles. The van der Waals surface area contributed by atoms with Crippen LogP contribution in [0.15, 0.2) is 6.20 Å². The Hall–Kier alpha value is -1.01. The van der Waals surface area contributed by atoms with E-state index in [4.69, 9.17) is 12.2 Å². The summed E-state index contributed by atoms with van der Waals surface area (Å²) in [4.78, 5) is 5.46. The molecule has 0 aromatic carbocycles. The van der Waals surface area contributed by atoms with Gasteiger partial charge in [-0.05, 0) is 19.1 Å². The number of nitrogens with zero attached hydrogens (tertiary/aromatic N) is 3. The van der Waals surface area contributed by atoms with E-state index in [0.29, 0.717) is 10.7 Å². The van der Waals surface area contributed by atoms with E-state index in [-0.39, 0.29) is 0 Å². The first-order valence-electron chi connectivity index (χ1n) is 5.24. The second-order valence-electron chi connectivity index (χ2n) is 3.81. The minimum absolute atomic E-state index is 0.454. The molecular weight excluding hydrogens is 240 g/mol. The van der Waals surface area contributed by atoms with Crippen LogP contribution in [-0.4, -0.2) is 19.7 Å². The van der Waals surface area contributed by atoms with Crippen LogP contribution in [0.3, 0.4) is 0 Å². The van der Waals surface area contributed by atoms with Crippen molar-refractivity contribution in [2.24, 2.45) is 0 Å². The minimum Gasteiger partial charge on any atom is -0.300 e. The van der Waals surface area contributed by atoms with Crippen molar-refractivity contribution in [3.63, 3.8) is 0 Å². The molecule has 0 spiro atoms. The van der Waals surface area contributed by atoms with Crippen molar-refractivity contribution >= 4 is 23.6 Å². The Morgan fingerprint density at radius 2 is 2.31 bits per heavy atom. The Balaban J connectivity index is 2.46. The number of aromatic amines is 1. The molecule has 0 saturated carbocycles. The molecule has 2 aromatic rings. The van der Waals surface area contributed by atoms with Gasteiger partial charge in [-0.15, -0.1) is 11.3 Å². The highest BCUT2D eigenvalue weighted by Gasteiger charge is 2.12. The first kappa shape index (κ1) is 11.5. The summed E-state index contributed by atoms with van der Waals surface area (Å²) in [7, 11) is 0. The van der Waals surface area contributed by atoms with Crippen LogP contribution in [0.5, 0.6) is 0 Å². The van der Waals surface area contributed by atoms with Crippen LogP contribution < -0.4 is 0 Å². The number of aromatic nitrogens is 4. The van der Waals surface area contributed by atoms with E-state index in [9.17, 15) is 0 Å². The fraction of sp³-hybridized carbons (Fsp3) is 0.500. The van der Waals surface area contributed by atoms with Gasteiger partial charge in [0.2, 0.25) is 0 Å². The molecule has 0 atom stereocenters. The molecule has 0 saturated heterocycles. The first-order valence-corrected chi connectivity index (χ1v) is 6.47. The third-order valence-electron chi connectivity index (χ3n) is 2.31. The number of hydrogen-bond donors (Lipinski definition) is 1. The standard InChI is InChI=1S/C10H14N4S2/c1-4-14-8(12-13-10(14)15)7-5-11-9(16-7)6(2)3/h5-6H,4H2,1-3H3,(H,13,15). The Morgan fingerprint density at radius 3 is 2.88 bits per heavy atom. The zero-order valence-electron chi connectivity index (χ0n) is 9.52. The predicted molar refractivity (Wildman–Crippen MR) is 68.3 cm³/mol. The number of thiazole rings is 1. The van der Waals surface area contributed by atoms with E-state index in [0.717, 1.165) is 22.3 Å². The van der Waals surface area contributed by atoms with Crippen molar-refractivity contribution < 1.29 is 0 Å². The van der Waals surface area contributed by atoms with Crippen molar-refractivity contribution in [1.82, 2.24) is 19.7 Å². The van der Waals surface area contributed by atoms with Crippen molar-refractivity contribution in [2.75, 3.05) is 0 Å². The maximum absolute atomic E-state index is 5.16. The van der Waals surface area contributed by atoms with Gasteiger partial charge in [0.25, 0.3) is 0 Å². The lowest BCUT2D eigenvalue weighted by atomic mass is 10.2. The highest BCUT2D eigenvalue weighted by molar-refractivity contribution is 7.71. The van der Waals surface area contributed by atoms with Gasteiger partial charge in [0.15, 0.2) is 10.6 Å². The van der Waals surface area contributed by atoms with Crippen LogP contribution in [0, 0.1) is 4.77 Å². The SMILES string of the molecule is CCn1c(-c2cnc(C(C)C)s2)n[nH]c1=S. The smallest absolute Gasteiger partial charge is 0.195 e. The lowest BCUT2D eigenvalue weighted by Gasteiger charge is -1.99. The third kappa shape index (κ3) is 1.94. The summed E-state index contributed by atoms with van der Waals surface area (Å²) in [5.41, 5.74) is 0. The van der Waals surface area contributed by atoms with Crippen LogP contribution in [-0.2, 0) is 6.54 Å². The fourth-order valence-corrected chi connectivity index (χ4v) is 2.64. The molecule has 6 heteroatoms. The normalized spacial score (nSPS) is 11.2. The molecule has 0 aliphatic carbocycles. The zero-order valence-corrected chi connectivity index (χ0v) is 11.2. The van der Waals surface area contributed by atoms with Crippen LogP contribution in [0.2, 0.25) is 0 Å². The average Bonchev–Trinajstić information content (AvgIpc) is 2.83. The maximum atomic E-state index is 5.16. The molecule has 4 nitrogen and oxygen atoms in total. The molecule has 0 aliphatic heterocycles. The van der Waals surface area contributed by atoms with Gasteiger partial charge >= 0.3 is 0 Å². The molecular formula is C10H14N4S2. The molecule has 0 amide bonds. The second kappa shape index (κ2) is 4.47. The molecule has 0 fully saturated rings. The lowest BCUT2D eigenvalue weighted by molar-refractivity contribution is 0.756. The van der Waals surface area contributed by atoms with E-state index in [2.05, 4.69) is 36.0 Å². The third-order valence-corrected chi connectivity index (χ3v) is 3.92. The Labute approximate surface area is 103 Å². The Bertz CT molecular complexity index is 535. The number of hydrogen-bond acceptors (Lipinski definition) is 4. The van der Waals surface area contributed by atoms with Gasteiger partial charge < -0.3 is 0 Å². The minimum atomic E-state index is 0.454. The quantitative estimate of drug-likeness (QED) is 0.856. The van der Waals surface area contributed by atoms with Crippen LogP contribution >= 0.6 is 23.6 Å². The summed E-state index contributed by atoms with van der Waals surface area (Å²) in [5.74, 6) is 1.34. The summed E-state index contributed by atoms with van der Waals surface area (Å²) in [5, 5.41) is 8.20. The van der Waals surface area contributed by atoms with E-state index < -0.39 is 0 Å². The van der Waals surface area contributed by atoms with Gasteiger partial charge in [0.1, 0.15) is 0 Å². The molecule has 0 unspecified atom stereocenters. The largest absolute Gasteiger partial charge is 0.300 e. The predicted octanol–water partition coefficient (Wildman–Crippen LogP) is 3.21. The van der Waals surface area contributed by atoms with E-state index >= 15 is 0 Å². The van der Waals surface area contributed by atoms with Crippen molar-refractivity contribution in [3.8, 4) is 10.7 Å². The second-order valence-corrected chi connectivity index (χ2v) is 5.26. The van der Waals surface area contributed by atoms with Gasteiger partial charge in [-0.1, -0.05) is 13.8 Å². The molecule has 0 aliphatic rings. The van der Waals surface area contributed by atoms with E-state index in [1.165, 1.54) is 0 Å². The van der Waals surface area contributed by atoms with Gasteiger partial charge in [0, 0.05) is 18.7 Å². The average molecular weight is 254 g/mol. The number of H-pyrrole nitrogens is 1. The monoisotopic (exact) mass is 254 g/mol. The Morgan fingerprint density at radius 1 is 1.56 bits per heavy atom. The van der Waals surface area contributed by atoms with Crippen LogP contribution in [0.4, 0.5) is 0 Å². The topological polar surface area (TPSA) is 46.5 Å². The molecule has 0 radical (unpaired) electrons. The van der Waals surface area contributed by atoms with Crippen molar-refractivity contribution in [1.29, 1.82) is 0 Å². The number of rotatable bonds is 3. The molecule has 2 rings (SSSR count). The summed E-state index contributed by atoms with van der Waals surface area (Å²) < 4.78 is 2.64. The fourth-order valence-electron chi connectivity index (χ4n) is 1.46. The summed E-state index contributed by atoms with van der Waals surface area (Å²) in [6.45, 7) is 7.15. The van der Waals surface area contributed by atoms with E-state index in [1.54, 1.807) is 11.3 Å². The van der Waals surface area contributed by atoms with Crippen molar-refractivity contribution in [3.05, 3.63) is 16.0 Å². The maximum Gasteiger partial charge on any atom is 0.195 e. The first-order chi connectivity index (χ1) is 7.63. The van der Waals surface area contributed by atoms with E-state index in [1.807, 2.05) is 10.8 Å². The lowest BCUT2D eigenvalue weighted by Crippen LogP contribution is -1.96. The molecule has 86 valence electrons. The molecule has 2 heterocycles. The van der Waals surface area contributed by atoms with Gasteiger partial charge in [-0.2, -0.15) is 5.10 Å². The zero-order chi connectivity index (χ0) is 11.7. The van der Waals surface area contributed by atoms with Gasteiger partial charge in [-0.25, -0.2) is 4.98 Å². The number of nitrogens with one attached hydrogen (secondary N) is 1. The van der Waals surface area contributed by atoms with Crippen LogP contribution in [0.1, 0.15) is 31.7 Å². The van der Waals surface area contributed by atoms with Crippen molar-refractivity contribution in [2.45, 2.75) is 33.2 Å². The van der Waals surface area contributed by atoms with Gasteiger partial charge in [0.05, 0.1) is 9.88 Å². The van der Waals surface area contributed by atoms with Crippen LogP contribution in [0.25, 0.3) is 10.7 Å².